The van der Waals surface area contributed by atoms with Gasteiger partial charge in [-0.2, -0.15) is 0 Å². The van der Waals surface area contributed by atoms with E-state index in [0.717, 1.165) is 49.9 Å². The van der Waals surface area contributed by atoms with Crippen molar-refractivity contribution in [2.24, 2.45) is 0 Å². The van der Waals surface area contributed by atoms with Gasteiger partial charge in [0.25, 0.3) is 0 Å². The van der Waals surface area contributed by atoms with Crippen LogP contribution >= 0.6 is 0 Å². The van der Waals surface area contributed by atoms with Gasteiger partial charge >= 0.3 is 0 Å². The van der Waals surface area contributed by atoms with Crippen molar-refractivity contribution in [1.82, 2.24) is 19.5 Å². The van der Waals surface area contributed by atoms with E-state index in [2.05, 4.69) is 211 Å². The van der Waals surface area contributed by atoms with Crippen LogP contribution in [0.15, 0.2) is 231 Å². The Morgan fingerprint density at radius 1 is 0.230 bits per heavy atom. The van der Waals surface area contributed by atoms with Gasteiger partial charge < -0.3 is 4.57 Å². The van der Waals surface area contributed by atoms with Crippen molar-refractivity contribution >= 4 is 21.8 Å². The van der Waals surface area contributed by atoms with Crippen LogP contribution in [0.25, 0.3) is 106 Å². The van der Waals surface area contributed by atoms with Gasteiger partial charge in [-0.1, -0.05) is 200 Å². The zero-order valence-electron chi connectivity index (χ0n) is 33.2. The lowest BCUT2D eigenvalue weighted by Gasteiger charge is -2.12. The van der Waals surface area contributed by atoms with Crippen molar-refractivity contribution < 1.29 is 0 Å². The summed E-state index contributed by atoms with van der Waals surface area (Å²) in [5.41, 5.74) is 15.5. The third-order valence-corrected chi connectivity index (χ3v) is 11.5. The summed E-state index contributed by atoms with van der Waals surface area (Å²) in [5.74, 6) is 1.88. The molecule has 0 N–H and O–H groups in total. The first kappa shape index (κ1) is 35.9. The average molecular weight is 779 g/mol. The molecule has 0 aliphatic rings. The molecule has 2 aromatic heterocycles. The largest absolute Gasteiger partial charge is 0.309 e. The van der Waals surface area contributed by atoms with E-state index in [1.165, 1.54) is 38.8 Å². The van der Waals surface area contributed by atoms with Crippen molar-refractivity contribution in [3.63, 3.8) is 0 Å². The predicted octanol–water partition coefficient (Wildman–Crippen LogP) is 14.6. The Labute approximate surface area is 354 Å². The standard InChI is InChI=1S/C57H38N4/c1-5-14-39(15-6-1)42-24-26-44(27-25-42)48-33-35-53-52(37-48)51-34-32-49(38-54(51)61(53)50-23-13-22-47(36-50)41-18-9-3-10-19-41)57-59-55(45-20-11-4-12-21-45)58-56(60-57)46-30-28-43(29-31-46)40-16-7-2-8-17-40/h1-38H. The van der Waals surface area contributed by atoms with E-state index in [9.17, 15) is 0 Å². The summed E-state index contributed by atoms with van der Waals surface area (Å²) in [6.07, 6.45) is 0. The van der Waals surface area contributed by atoms with Gasteiger partial charge in [0, 0.05) is 33.2 Å². The number of hydrogen-bond acceptors (Lipinski definition) is 3. The lowest BCUT2D eigenvalue weighted by atomic mass is 9.99. The van der Waals surface area contributed by atoms with E-state index in [1.807, 2.05) is 24.3 Å². The summed E-state index contributed by atoms with van der Waals surface area (Å²) in [4.78, 5) is 15.3. The van der Waals surface area contributed by atoms with E-state index < -0.39 is 0 Å². The molecular weight excluding hydrogens is 741 g/mol. The van der Waals surface area contributed by atoms with Gasteiger partial charge in [0.05, 0.1) is 11.0 Å². The summed E-state index contributed by atoms with van der Waals surface area (Å²) < 4.78 is 2.38. The van der Waals surface area contributed by atoms with Crippen molar-refractivity contribution in [1.29, 1.82) is 0 Å². The number of aromatic nitrogens is 4. The maximum Gasteiger partial charge on any atom is 0.164 e. The minimum absolute atomic E-state index is 0.618. The van der Waals surface area contributed by atoms with E-state index in [0.29, 0.717) is 17.5 Å². The van der Waals surface area contributed by atoms with Gasteiger partial charge in [-0.3, -0.25) is 0 Å². The Hall–Kier alpha value is -8.21. The van der Waals surface area contributed by atoms with Crippen molar-refractivity contribution in [3.05, 3.63) is 231 Å². The lowest BCUT2D eigenvalue weighted by Crippen LogP contribution is -2.00. The molecule has 0 bridgehead atoms. The zero-order chi connectivity index (χ0) is 40.5. The average Bonchev–Trinajstić information content (AvgIpc) is 3.68. The summed E-state index contributed by atoms with van der Waals surface area (Å²) in [6, 6.07) is 81.3. The minimum Gasteiger partial charge on any atom is -0.309 e. The van der Waals surface area contributed by atoms with Crippen LogP contribution in [0.2, 0.25) is 0 Å². The first-order valence-corrected chi connectivity index (χ1v) is 20.6. The highest BCUT2D eigenvalue weighted by Gasteiger charge is 2.18. The molecule has 0 saturated heterocycles. The summed E-state index contributed by atoms with van der Waals surface area (Å²) >= 11 is 0. The molecule has 0 aliphatic heterocycles. The van der Waals surface area contributed by atoms with E-state index in [1.54, 1.807) is 0 Å². The highest BCUT2D eigenvalue weighted by atomic mass is 15.0. The third-order valence-electron chi connectivity index (χ3n) is 11.5. The second kappa shape index (κ2) is 15.5. The molecule has 9 aromatic carbocycles. The number of nitrogens with zero attached hydrogens (tertiary/aromatic N) is 4. The molecule has 0 aliphatic carbocycles. The van der Waals surface area contributed by atoms with Crippen molar-refractivity contribution in [2.75, 3.05) is 0 Å². The van der Waals surface area contributed by atoms with Gasteiger partial charge in [0.1, 0.15) is 0 Å². The molecule has 0 unspecified atom stereocenters. The molecular formula is C57H38N4. The molecule has 0 fully saturated rings. The first-order chi connectivity index (χ1) is 30.2. The highest BCUT2D eigenvalue weighted by molar-refractivity contribution is 6.11. The van der Waals surface area contributed by atoms with Crippen LogP contribution in [0.5, 0.6) is 0 Å². The van der Waals surface area contributed by atoms with Crippen LogP contribution in [0.4, 0.5) is 0 Å². The van der Waals surface area contributed by atoms with Crippen LogP contribution in [-0.4, -0.2) is 19.5 Å². The molecule has 11 aromatic rings. The van der Waals surface area contributed by atoms with Crippen LogP contribution in [-0.2, 0) is 0 Å². The molecule has 286 valence electrons. The molecule has 4 nitrogen and oxygen atoms in total. The van der Waals surface area contributed by atoms with E-state index >= 15 is 0 Å². The fourth-order valence-electron chi connectivity index (χ4n) is 8.35. The molecule has 0 radical (unpaired) electrons. The SMILES string of the molecule is c1ccc(-c2ccc(-c3ccc4c(c3)c3ccc(-c5nc(-c6ccccc6)nc(-c6ccc(-c7ccccc7)cc6)n5)cc3n4-c3cccc(-c4ccccc4)c3)cc2)cc1. The molecule has 0 atom stereocenters. The maximum atomic E-state index is 5.17. The second-order valence-electron chi connectivity index (χ2n) is 15.3. The molecule has 2 heterocycles. The Balaban J connectivity index is 1.07. The van der Waals surface area contributed by atoms with Crippen LogP contribution in [0.1, 0.15) is 0 Å². The van der Waals surface area contributed by atoms with Crippen molar-refractivity contribution in [3.8, 4) is 84.4 Å². The Morgan fingerprint density at radius 3 is 1.16 bits per heavy atom. The lowest BCUT2D eigenvalue weighted by molar-refractivity contribution is 1.07. The predicted molar refractivity (Wildman–Crippen MR) is 252 cm³/mol. The number of benzene rings is 9. The summed E-state index contributed by atoms with van der Waals surface area (Å²) in [5, 5.41) is 2.33. The molecule has 4 heteroatoms. The molecule has 61 heavy (non-hydrogen) atoms. The molecule has 0 amide bonds. The fourth-order valence-corrected chi connectivity index (χ4v) is 8.35. The normalized spacial score (nSPS) is 11.3. The van der Waals surface area contributed by atoms with Crippen molar-refractivity contribution in [2.45, 2.75) is 0 Å². The van der Waals surface area contributed by atoms with Crippen LogP contribution in [0.3, 0.4) is 0 Å². The van der Waals surface area contributed by atoms with Gasteiger partial charge in [0.2, 0.25) is 0 Å². The van der Waals surface area contributed by atoms with Crippen LogP contribution < -0.4 is 0 Å². The smallest absolute Gasteiger partial charge is 0.164 e. The summed E-state index contributed by atoms with van der Waals surface area (Å²) in [6.45, 7) is 0. The van der Waals surface area contributed by atoms with Gasteiger partial charge in [-0.05, 0) is 74.8 Å². The highest BCUT2D eigenvalue weighted by Crippen LogP contribution is 2.38. The second-order valence-corrected chi connectivity index (χ2v) is 15.3. The number of fused-ring (bicyclic) bond motifs is 3. The summed E-state index contributed by atoms with van der Waals surface area (Å²) in [7, 11) is 0. The Kier molecular flexibility index (Phi) is 9.14. The maximum absolute atomic E-state index is 5.17. The van der Waals surface area contributed by atoms with Gasteiger partial charge in [0.15, 0.2) is 17.5 Å². The zero-order valence-corrected chi connectivity index (χ0v) is 33.2. The first-order valence-electron chi connectivity index (χ1n) is 20.6. The van der Waals surface area contributed by atoms with E-state index in [4.69, 9.17) is 15.0 Å². The fraction of sp³-hybridized carbons (Fsp3) is 0. The third kappa shape index (κ3) is 6.96. The number of hydrogen-bond donors (Lipinski definition) is 0. The minimum atomic E-state index is 0.618. The molecule has 0 saturated carbocycles. The van der Waals surface area contributed by atoms with Gasteiger partial charge in [-0.25, -0.2) is 15.0 Å². The quantitative estimate of drug-likeness (QED) is 0.154. The van der Waals surface area contributed by atoms with E-state index in [-0.39, 0.29) is 0 Å². The molecule has 0 spiro atoms. The van der Waals surface area contributed by atoms with Crippen LogP contribution in [0, 0.1) is 0 Å². The topological polar surface area (TPSA) is 43.6 Å². The molecule has 11 rings (SSSR count). The monoisotopic (exact) mass is 778 g/mol. The number of rotatable bonds is 8. The Morgan fingerprint density at radius 2 is 0.607 bits per heavy atom. The van der Waals surface area contributed by atoms with Gasteiger partial charge in [-0.15, -0.1) is 0 Å². The Bertz CT molecular complexity index is 3300.